The third kappa shape index (κ3) is 4.57. The summed E-state index contributed by atoms with van der Waals surface area (Å²) in [6.07, 6.45) is 1.42. The van der Waals surface area contributed by atoms with Crippen LogP contribution in [0.5, 0.6) is 0 Å². The van der Waals surface area contributed by atoms with Crippen LogP contribution in [0.15, 0.2) is 57.0 Å². The fraction of sp³-hybridized carbons (Fsp3) is 0.200. The second-order valence-electron chi connectivity index (χ2n) is 6.04. The van der Waals surface area contributed by atoms with Gasteiger partial charge in [-0.15, -0.1) is 0 Å². The molecule has 29 heavy (non-hydrogen) atoms. The molecule has 0 aliphatic heterocycles. The number of carboxylic acids is 1. The summed E-state index contributed by atoms with van der Waals surface area (Å²) in [5, 5.41) is 21.1. The van der Waals surface area contributed by atoms with E-state index < -0.39 is 10.9 Å². The van der Waals surface area contributed by atoms with Crippen LogP contribution in [0, 0.1) is 10.1 Å². The van der Waals surface area contributed by atoms with Crippen LogP contribution < -0.4 is 4.90 Å². The number of carbonyl (C=O) groups is 1. The van der Waals surface area contributed by atoms with Gasteiger partial charge in [-0.25, -0.2) is 9.78 Å². The van der Waals surface area contributed by atoms with E-state index in [0.717, 1.165) is 17.4 Å². The Hall–Kier alpha value is -3.33. The highest BCUT2D eigenvalue weighted by Crippen LogP contribution is 2.34. The number of para-hydroxylation sites is 2. The molecule has 0 saturated carbocycles. The van der Waals surface area contributed by atoms with Gasteiger partial charge in [0, 0.05) is 36.5 Å². The minimum absolute atomic E-state index is 0.0505. The van der Waals surface area contributed by atoms with E-state index in [2.05, 4.69) is 4.98 Å². The third-order valence-corrected chi connectivity index (χ3v) is 5.16. The highest BCUT2D eigenvalue weighted by molar-refractivity contribution is 8.03. The van der Waals surface area contributed by atoms with Gasteiger partial charge in [0.15, 0.2) is 5.58 Å². The zero-order valence-corrected chi connectivity index (χ0v) is 16.7. The molecule has 1 heterocycles. The van der Waals surface area contributed by atoms with Crippen LogP contribution in [0.25, 0.3) is 17.2 Å². The Labute approximate surface area is 171 Å². The number of hydrogen-bond donors (Lipinski definition) is 1. The van der Waals surface area contributed by atoms with Gasteiger partial charge in [0.1, 0.15) is 10.4 Å². The number of anilines is 1. The van der Waals surface area contributed by atoms with Crippen molar-refractivity contribution in [3.63, 3.8) is 0 Å². The Morgan fingerprint density at radius 1 is 1.28 bits per heavy atom. The molecule has 0 aliphatic rings. The molecule has 150 valence electrons. The van der Waals surface area contributed by atoms with Crippen LogP contribution >= 0.6 is 11.8 Å². The van der Waals surface area contributed by atoms with Crippen LogP contribution in [0.2, 0.25) is 0 Å². The number of carboxylic acid groups (broad SMARTS) is 1. The van der Waals surface area contributed by atoms with Crippen molar-refractivity contribution in [1.82, 2.24) is 4.98 Å². The number of fused-ring (bicyclic) bond motifs is 1. The van der Waals surface area contributed by atoms with Crippen LogP contribution in [-0.2, 0) is 4.79 Å². The van der Waals surface area contributed by atoms with Gasteiger partial charge in [-0.05, 0) is 49.9 Å². The van der Waals surface area contributed by atoms with Crippen molar-refractivity contribution in [2.45, 2.75) is 19.1 Å². The molecular formula is C20H19N3O5S. The maximum atomic E-state index is 11.9. The minimum atomic E-state index is -1.17. The molecule has 0 spiro atoms. The normalized spacial score (nSPS) is 11.6. The number of nitrogens with zero attached hydrogens (tertiary/aromatic N) is 3. The summed E-state index contributed by atoms with van der Waals surface area (Å²) in [4.78, 5) is 28.8. The molecule has 0 fully saturated rings. The van der Waals surface area contributed by atoms with E-state index in [1.165, 1.54) is 18.2 Å². The van der Waals surface area contributed by atoms with Gasteiger partial charge in [-0.1, -0.05) is 12.1 Å². The lowest BCUT2D eigenvalue weighted by Crippen LogP contribution is -2.22. The maximum Gasteiger partial charge on any atom is 0.342 e. The fourth-order valence-corrected chi connectivity index (χ4v) is 3.63. The van der Waals surface area contributed by atoms with Gasteiger partial charge in [0.25, 0.3) is 10.9 Å². The number of rotatable bonds is 8. The number of nitro groups is 1. The largest absolute Gasteiger partial charge is 0.477 e. The van der Waals surface area contributed by atoms with Gasteiger partial charge in [-0.2, -0.15) is 0 Å². The second kappa shape index (κ2) is 8.78. The zero-order valence-electron chi connectivity index (χ0n) is 15.9. The van der Waals surface area contributed by atoms with E-state index in [1.807, 2.05) is 24.8 Å². The van der Waals surface area contributed by atoms with E-state index in [9.17, 15) is 20.0 Å². The predicted octanol–water partition coefficient (Wildman–Crippen LogP) is 4.80. The number of aliphatic carboxylic acids is 1. The Morgan fingerprint density at radius 2 is 2.00 bits per heavy atom. The van der Waals surface area contributed by atoms with E-state index in [0.29, 0.717) is 29.8 Å². The highest BCUT2D eigenvalue weighted by Gasteiger charge is 2.18. The summed E-state index contributed by atoms with van der Waals surface area (Å²) in [7, 11) is 0. The smallest absolute Gasteiger partial charge is 0.342 e. The highest BCUT2D eigenvalue weighted by atomic mass is 32.2. The monoisotopic (exact) mass is 413 g/mol. The summed E-state index contributed by atoms with van der Waals surface area (Å²) in [6, 6.07) is 11.6. The number of thioether (sulfide) groups is 1. The molecule has 3 rings (SSSR count). The van der Waals surface area contributed by atoms with Crippen molar-refractivity contribution >= 4 is 46.3 Å². The number of aromatic nitrogens is 1. The molecule has 0 bridgehead atoms. The van der Waals surface area contributed by atoms with Gasteiger partial charge in [0.05, 0.1) is 4.92 Å². The van der Waals surface area contributed by atoms with Crippen LogP contribution in [-0.4, -0.2) is 34.1 Å². The molecule has 1 N–H and O–H groups in total. The summed E-state index contributed by atoms with van der Waals surface area (Å²) in [6.45, 7) is 5.28. The first-order valence-corrected chi connectivity index (χ1v) is 9.76. The average molecular weight is 413 g/mol. The predicted molar refractivity (Wildman–Crippen MR) is 112 cm³/mol. The first-order chi connectivity index (χ1) is 13.9. The molecule has 2 aromatic carbocycles. The maximum absolute atomic E-state index is 11.9. The Kier molecular flexibility index (Phi) is 6.18. The van der Waals surface area contributed by atoms with Gasteiger partial charge in [-0.3, -0.25) is 10.1 Å². The molecule has 3 aromatic rings. The zero-order chi connectivity index (χ0) is 21.0. The van der Waals surface area contributed by atoms with Crippen LogP contribution in [0.4, 0.5) is 11.4 Å². The molecule has 1 aromatic heterocycles. The van der Waals surface area contributed by atoms with Gasteiger partial charge >= 0.3 is 5.97 Å². The number of nitro benzene ring substituents is 1. The summed E-state index contributed by atoms with van der Waals surface area (Å²) in [5.74, 6) is -1.17. The Morgan fingerprint density at radius 3 is 2.62 bits per heavy atom. The number of oxazole rings is 1. The fourth-order valence-electron chi connectivity index (χ4n) is 2.89. The lowest BCUT2D eigenvalue weighted by Gasteiger charge is -2.23. The summed E-state index contributed by atoms with van der Waals surface area (Å²) >= 11 is 0.863. The lowest BCUT2D eigenvalue weighted by atomic mass is 10.1. The number of benzene rings is 2. The van der Waals surface area contributed by atoms with Crippen molar-refractivity contribution in [2.24, 2.45) is 0 Å². The summed E-state index contributed by atoms with van der Waals surface area (Å²) < 4.78 is 5.60. The second-order valence-corrected chi connectivity index (χ2v) is 7.03. The van der Waals surface area contributed by atoms with Crippen molar-refractivity contribution in [3.8, 4) is 0 Å². The first kappa shape index (κ1) is 20.4. The first-order valence-electron chi connectivity index (χ1n) is 8.94. The standard InChI is InChI=1S/C20H19N3O5S/c1-3-22(4-2)16-10-9-14(23(26)27)11-13(16)12-18(19(24)25)29-20-21-15-7-5-6-8-17(15)28-20/h5-12H,3-4H2,1-2H3,(H,24,25)/b18-12+. The topological polar surface area (TPSA) is 110 Å². The SMILES string of the molecule is CCN(CC)c1ccc([N+](=O)[O-])cc1/C=C(/Sc1nc2ccccc2o1)C(=O)O. The molecule has 0 unspecified atom stereocenters. The Bertz CT molecular complexity index is 1060. The van der Waals surface area contributed by atoms with Gasteiger partial charge < -0.3 is 14.4 Å². The summed E-state index contributed by atoms with van der Waals surface area (Å²) in [5.41, 5.74) is 2.24. The molecule has 0 atom stereocenters. The molecule has 0 amide bonds. The lowest BCUT2D eigenvalue weighted by molar-refractivity contribution is -0.384. The molecule has 9 heteroatoms. The van der Waals surface area contributed by atoms with Crippen molar-refractivity contribution in [2.75, 3.05) is 18.0 Å². The number of non-ortho nitro benzene ring substituents is 1. The Balaban J connectivity index is 2.05. The molecule has 0 aliphatic carbocycles. The third-order valence-electron chi connectivity index (χ3n) is 4.29. The van der Waals surface area contributed by atoms with Crippen LogP contribution in [0.1, 0.15) is 19.4 Å². The van der Waals surface area contributed by atoms with Crippen molar-refractivity contribution in [1.29, 1.82) is 0 Å². The van der Waals surface area contributed by atoms with Crippen molar-refractivity contribution < 1.29 is 19.2 Å². The molecular weight excluding hydrogens is 394 g/mol. The van der Waals surface area contributed by atoms with E-state index in [4.69, 9.17) is 4.42 Å². The van der Waals surface area contributed by atoms with E-state index >= 15 is 0 Å². The molecule has 0 radical (unpaired) electrons. The van der Waals surface area contributed by atoms with E-state index in [-0.39, 0.29) is 15.8 Å². The minimum Gasteiger partial charge on any atom is -0.477 e. The van der Waals surface area contributed by atoms with E-state index in [1.54, 1.807) is 24.3 Å². The van der Waals surface area contributed by atoms with Crippen LogP contribution in [0.3, 0.4) is 0 Å². The molecule has 8 nitrogen and oxygen atoms in total. The van der Waals surface area contributed by atoms with Gasteiger partial charge in [0.2, 0.25) is 0 Å². The number of hydrogen-bond acceptors (Lipinski definition) is 7. The van der Waals surface area contributed by atoms with Crippen molar-refractivity contribution in [3.05, 3.63) is 63.0 Å². The average Bonchev–Trinajstić information content (AvgIpc) is 3.11. The molecule has 0 saturated heterocycles. The quantitative estimate of drug-likeness (QED) is 0.243.